The van der Waals surface area contributed by atoms with Crippen molar-refractivity contribution in [1.29, 1.82) is 0 Å². The zero-order chi connectivity index (χ0) is 22.7. The van der Waals surface area contributed by atoms with E-state index in [0.29, 0.717) is 36.0 Å². The van der Waals surface area contributed by atoms with E-state index < -0.39 is 17.8 Å². The second kappa shape index (κ2) is 10.0. The molecule has 2 saturated heterocycles. The van der Waals surface area contributed by atoms with Crippen LogP contribution in [0.1, 0.15) is 39.0 Å². The van der Waals surface area contributed by atoms with Crippen molar-refractivity contribution in [1.82, 2.24) is 9.97 Å². The molecule has 1 N–H and O–H groups in total. The third kappa shape index (κ3) is 4.96. The fraction of sp³-hybridized carbons (Fsp3) is 0.522. The summed E-state index contributed by atoms with van der Waals surface area (Å²) in [6.07, 6.45) is 4.38. The van der Waals surface area contributed by atoms with Crippen LogP contribution in [0.25, 0.3) is 11.4 Å². The molecule has 2 aliphatic heterocycles. The predicted molar refractivity (Wildman–Crippen MR) is 122 cm³/mol. The van der Waals surface area contributed by atoms with Crippen LogP contribution in [0.3, 0.4) is 0 Å². The van der Waals surface area contributed by atoms with E-state index in [0.717, 1.165) is 45.4 Å². The van der Waals surface area contributed by atoms with Crippen LogP contribution in [-0.2, 0) is 9.53 Å². The van der Waals surface area contributed by atoms with E-state index >= 15 is 0 Å². The number of carboxylic acid groups (broad SMARTS) is 1. The summed E-state index contributed by atoms with van der Waals surface area (Å²) in [5.74, 6) is 0.210. The van der Waals surface area contributed by atoms with Crippen LogP contribution in [0.5, 0.6) is 0 Å². The van der Waals surface area contributed by atoms with E-state index in [1.165, 1.54) is 12.1 Å². The van der Waals surface area contributed by atoms with E-state index in [-0.39, 0.29) is 11.1 Å². The Morgan fingerprint density at radius 3 is 2.62 bits per heavy atom. The van der Waals surface area contributed by atoms with Crippen molar-refractivity contribution in [3.8, 4) is 11.4 Å². The average molecular weight is 463 g/mol. The molecule has 0 aliphatic carbocycles. The smallest absolute Gasteiger partial charge is 0.326 e. The number of rotatable bonds is 7. The molecule has 172 valence electrons. The fourth-order valence-corrected chi connectivity index (χ4v) is 4.45. The molecule has 3 heterocycles. The molecule has 7 nitrogen and oxygen atoms in total. The topological polar surface area (TPSA) is 78.8 Å². The highest BCUT2D eigenvalue weighted by Crippen LogP contribution is 2.31. The van der Waals surface area contributed by atoms with Crippen molar-refractivity contribution in [3.05, 3.63) is 35.1 Å². The first-order valence-corrected chi connectivity index (χ1v) is 11.5. The van der Waals surface area contributed by atoms with Crippen LogP contribution in [0.4, 0.5) is 16.0 Å². The Hall–Kier alpha value is -2.45. The van der Waals surface area contributed by atoms with Crippen molar-refractivity contribution in [2.45, 2.75) is 51.2 Å². The Balaban J connectivity index is 1.66. The van der Waals surface area contributed by atoms with Gasteiger partial charge in [0.25, 0.3) is 0 Å². The average Bonchev–Trinajstić information content (AvgIpc) is 3.30. The highest BCUT2D eigenvalue weighted by atomic mass is 35.5. The van der Waals surface area contributed by atoms with Gasteiger partial charge in [-0.1, -0.05) is 18.5 Å². The number of hydrogen-bond donors (Lipinski definition) is 1. The lowest BCUT2D eigenvalue weighted by Gasteiger charge is -2.33. The molecule has 0 radical (unpaired) electrons. The number of halogens is 2. The molecule has 1 aromatic carbocycles. The largest absolute Gasteiger partial charge is 0.480 e. The summed E-state index contributed by atoms with van der Waals surface area (Å²) in [7, 11) is 0. The second-order valence-corrected chi connectivity index (χ2v) is 8.69. The van der Waals surface area contributed by atoms with E-state index in [1.807, 2.05) is 6.07 Å². The summed E-state index contributed by atoms with van der Waals surface area (Å²) >= 11 is 5.85. The molecule has 1 aromatic heterocycles. The minimum atomic E-state index is -0.865. The van der Waals surface area contributed by atoms with E-state index in [1.54, 1.807) is 11.0 Å². The van der Waals surface area contributed by atoms with Gasteiger partial charge in [-0.3, -0.25) is 0 Å². The lowest BCUT2D eigenvalue weighted by atomic mass is 10.1. The van der Waals surface area contributed by atoms with Crippen LogP contribution >= 0.6 is 11.6 Å². The fourth-order valence-electron chi connectivity index (χ4n) is 4.33. The third-order valence-electron chi connectivity index (χ3n) is 6.03. The summed E-state index contributed by atoms with van der Waals surface area (Å²) in [6, 6.07) is 5.70. The van der Waals surface area contributed by atoms with Gasteiger partial charge < -0.3 is 19.6 Å². The van der Waals surface area contributed by atoms with Gasteiger partial charge in [-0.2, -0.15) is 0 Å². The molecule has 0 unspecified atom stereocenters. The number of aliphatic carboxylic acids is 1. The van der Waals surface area contributed by atoms with E-state index in [4.69, 9.17) is 21.3 Å². The van der Waals surface area contributed by atoms with Crippen molar-refractivity contribution in [2.75, 3.05) is 36.0 Å². The standard InChI is InChI=1S/C23H28ClFN4O3/c1-2-12-32-16-7-10-28(11-8-16)20-14-21(29-9-3-4-19(29)23(30)31)27-22(26-20)15-5-6-17(24)18(25)13-15/h5-6,13-14,16,19H,2-4,7-12H2,1H3,(H,30,31)/t19-/m0/s1. The van der Waals surface area contributed by atoms with Crippen LogP contribution < -0.4 is 9.80 Å². The highest BCUT2D eigenvalue weighted by molar-refractivity contribution is 6.30. The van der Waals surface area contributed by atoms with Gasteiger partial charge in [-0.25, -0.2) is 19.2 Å². The summed E-state index contributed by atoms with van der Waals surface area (Å²) < 4.78 is 20.0. The zero-order valence-electron chi connectivity index (χ0n) is 18.1. The van der Waals surface area contributed by atoms with Crippen LogP contribution in [-0.4, -0.2) is 59.4 Å². The Bertz CT molecular complexity index is 968. The van der Waals surface area contributed by atoms with Gasteiger partial charge in [0.15, 0.2) is 5.82 Å². The number of carboxylic acids is 1. The number of anilines is 2. The van der Waals surface area contributed by atoms with Gasteiger partial charge in [-0.05, 0) is 50.3 Å². The maximum Gasteiger partial charge on any atom is 0.326 e. The number of nitrogens with zero attached hydrogens (tertiary/aromatic N) is 4. The molecule has 1 atom stereocenters. The summed E-state index contributed by atoms with van der Waals surface area (Å²) in [5, 5.41) is 9.67. The second-order valence-electron chi connectivity index (χ2n) is 8.28. The van der Waals surface area contributed by atoms with E-state index in [9.17, 15) is 14.3 Å². The molecule has 0 saturated carbocycles. The number of hydrogen-bond acceptors (Lipinski definition) is 6. The van der Waals surface area contributed by atoms with Crippen molar-refractivity contribution in [2.24, 2.45) is 0 Å². The van der Waals surface area contributed by atoms with Gasteiger partial charge in [0.1, 0.15) is 23.5 Å². The molecule has 0 bridgehead atoms. The SMILES string of the molecule is CCCOC1CCN(c2cc(N3CCC[C@H]3C(=O)O)nc(-c3ccc(Cl)c(F)c3)n2)CC1. The molecule has 2 fully saturated rings. The van der Waals surface area contributed by atoms with Crippen LogP contribution in [0.15, 0.2) is 24.3 Å². The van der Waals surface area contributed by atoms with Crippen LogP contribution in [0.2, 0.25) is 5.02 Å². The minimum Gasteiger partial charge on any atom is -0.480 e. The number of benzene rings is 1. The molecule has 2 aliphatic rings. The maximum atomic E-state index is 14.1. The monoisotopic (exact) mass is 462 g/mol. The number of ether oxygens (including phenoxy) is 1. The van der Waals surface area contributed by atoms with Crippen LogP contribution in [0, 0.1) is 5.82 Å². The summed E-state index contributed by atoms with van der Waals surface area (Å²) in [6.45, 7) is 5.03. The first kappa shape index (κ1) is 22.7. The number of aromatic nitrogens is 2. The van der Waals surface area contributed by atoms with Crippen molar-refractivity contribution < 1.29 is 19.0 Å². The molecule has 0 amide bonds. The quantitative estimate of drug-likeness (QED) is 0.653. The molecule has 32 heavy (non-hydrogen) atoms. The van der Waals surface area contributed by atoms with Gasteiger partial charge in [0, 0.05) is 37.9 Å². The Morgan fingerprint density at radius 2 is 1.94 bits per heavy atom. The lowest BCUT2D eigenvalue weighted by molar-refractivity contribution is -0.138. The summed E-state index contributed by atoms with van der Waals surface area (Å²) in [5.41, 5.74) is 0.502. The molecule has 4 rings (SSSR count). The molecule has 9 heteroatoms. The van der Waals surface area contributed by atoms with Gasteiger partial charge in [0.05, 0.1) is 11.1 Å². The number of carbonyl (C=O) groups is 1. The Labute approximate surface area is 192 Å². The highest BCUT2D eigenvalue weighted by Gasteiger charge is 2.32. The Morgan fingerprint density at radius 1 is 1.19 bits per heavy atom. The van der Waals surface area contributed by atoms with E-state index in [2.05, 4.69) is 16.8 Å². The third-order valence-corrected chi connectivity index (χ3v) is 6.34. The van der Waals surface area contributed by atoms with Crippen molar-refractivity contribution in [3.63, 3.8) is 0 Å². The number of piperidine rings is 1. The minimum absolute atomic E-state index is 0.0322. The molecular formula is C23H28ClFN4O3. The first-order chi connectivity index (χ1) is 15.5. The van der Waals surface area contributed by atoms with Gasteiger partial charge in [0.2, 0.25) is 0 Å². The zero-order valence-corrected chi connectivity index (χ0v) is 18.9. The Kier molecular flexibility index (Phi) is 7.10. The predicted octanol–water partition coefficient (Wildman–Crippen LogP) is 4.38. The maximum absolute atomic E-state index is 14.1. The van der Waals surface area contributed by atoms with Gasteiger partial charge >= 0.3 is 5.97 Å². The molecule has 2 aromatic rings. The lowest BCUT2D eigenvalue weighted by Crippen LogP contribution is -2.39. The molecule has 0 spiro atoms. The van der Waals surface area contributed by atoms with Crippen molar-refractivity contribution >= 4 is 29.2 Å². The first-order valence-electron chi connectivity index (χ1n) is 11.2. The summed E-state index contributed by atoms with van der Waals surface area (Å²) in [4.78, 5) is 25.1. The van der Waals surface area contributed by atoms with Gasteiger partial charge in [-0.15, -0.1) is 0 Å². The molecular weight excluding hydrogens is 435 g/mol. The normalized spacial score (nSPS) is 19.5.